The minimum atomic E-state index is -1.32. The molecule has 652 valence electrons. The zero-order chi connectivity index (χ0) is 86.8. The maximum absolute atomic E-state index is 17.5. The van der Waals surface area contributed by atoms with Crippen molar-refractivity contribution in [3.8, 4) is 46.0 Å². The van der Waals surface area contributed by atoms with Crippen molar-refractivity contribution >= 4 is 101 Å². The van der Waals surface area contributed by atoms with Crippen molar-refractivity contribution in [3.63, 3.8) is 0 Å². The molecule has 20 heteroatoms. The summed E-state index contributed by atoms with van der Waals surface area (Å²) >= 11 is 2.97. The molecule has 18 nitrogen and oxygen atoms in total. The normalized spacial score (nSPS) is 24.7. The Hall–Kier alpha value is -10.1. The van der Waals surface area contributed by atoms with Crippen LogP contribution in [0.4, 0.5) is 0 Å². The molecule has 126 heavy (non-hydrogen) atoms. The topological polar surface area (TPSA) is 202 Å². The van der Waals surface area contributed by atoms with Gasteiger partial charge in [0.05, 0.1) is 73.1 Å². The number of carbonyl (C=O) groups is 6. The average molecular weight is 1730 g/mol. The third kappa shape index (κ3) is 14.9. The number of hydrogen-bond acceptors (Lipinski definition) is 16. The lowest BCUT2D eigenvalue weighted by Crippen LogP contribution is -2.59. The maximum Gasteiger partial charge on any atom is 0.262 e. The van der Waals surface area contributed by atoms with E-state index in [0.717, 1.165) is 131 Å². The van der Waals surface area contributed by atoms with E-state index in [4.69, 9.17) is 37.9 Å². The third-order valence-corrected chi connectivity index (χ3v) is 31.6. The van der Waals surface area contributed by atoms with Gasteiger partial charge < -0.3 is 47.7 Å². The van der Waals surface area contributed by atoms with Crippen molar-refractivity contribution in [2.75, 3.05) is 26.4 Å². The minimum Gasteiger partial charge on any atom is -0.456 e. The van der Waals surface area contributed by atoms with Crippen LogP contribution in [0.3, 0.4) is 0 Å². The van der Waals surface area contributed by atoms with Gasteiger partial charge in [-0.2, -0.15) is 0 Å². The van der Waals surface area contributed by atoms with Crippen LogP contribution in [0.25, 0.3) is 43.1 Å². The number of nitrogens with zero attached hydrogens (tertiary/aromatic N) is 4. The highest BCUT2D eigenvalue weighted by Gasteiger charge is 2.54. The van der Waals surface area contributed by atoms with Gasteiger partial charge in [-0.15, -0.1) is 22.7 Å². The Morgan fingerprint density at radius 1 is 0.349 bits per heavy atom. The van der Waals surface area contributed by atoms with Crippen molar-refractivity contribution in [2.24, 2.45) is 23.7 Å². The first-order valence-electron chi connectivity index (χ1n) is 46.3. The number of hydrogen-bond donors (Lipinski definition) is 0. The predicted octanol–water partition coefficient (Wildman–Crippen LogP) is 23.1. The SMILES string of the molecule is Cc1cc(C(C)C)ccc1Oc1cc2c3c(cc(Oc4ccc(C(C)C)cc4C)c4c5c(Oc6ccc(C(C)C)cc6C)cc6c7c(cc(Oc8ccc(C(C)C)cc8C)c(c1c34)c75)C(=O)N(C(Cc1cccs1)C(=O)N(C1CCC(C3CO3)C1)C1CCC(C3CO3)C1)C6=O)C(=O)N(C(Cc1cccs1)C(=O)N(C1CCC(C3CO3)C1)C1CCC(C3CO3)C1)C2=O. The fourth-order valence-electron chi connectivity index (χ4n) is 22.6. The molecule has 0 bridgehead atoms. The molecule has 6 amide bonds. The number of amides is 6. The highest BCUT2D eigenvalue weighted by atomic mass is 32.1. The minimum absolute atomic E-state index is 0.0549. The van der Waals surface area contributed by atoms with Crippen LogP contribution in [0.5, 0.6) is 46.0 Å². The summed E-state index contributed by atoms with van der Waals surface area (Å²) in [6, 6.07) is 36.0. The molecule has 10 aliphatic rings. The van der Waals surface area contributed by atoms with Crippen LogP contribution in [-0.2, 0) is 41.4 Å². The largest absolute Gasteiger partial charge is 0.456 e. The van der Waals surface area contributed by atoms with Crippen LogP contribution in [0.1, 0.15) is 252 Å². The van der Waals surface area contributed by atoms with Crippen LogP contribution in [-0.4, -0.2) is 142 Å². The molecule has 8 heterocycles. The zero-order valence-electron chi connectivity index (χ0n) is 74.1. The van der Waals surface area contributed by atoms with Crippen LogP contribution in [0.2, 0.25) is 0 Å². The van der Waals surface area contributed by atoms with E-state index in [1.54, 1.807) is 24.3 Å². The predicted molar refractivity (Wildman–Crippen MR) is 491 cm³/mol. The zero-order valence-corrected chi connectivity index (χ0v) is 75.8. The number of rotatable bonds is 28. The van der Waals surface area contributed by atoms with Crippen LogP contribution in [0.15, 0.2) is 132 Å². The van der Waals surface area contributed by atoms with Crippen LogP contribution < -0.4 is 18.9 Å². The van der Waals surface area contributed by atoms with Gasteiger partial charge >= 0.3 is 0 Å². The number of aryl methyl sites for hydroxylation is 4. The van der Waals surface area contributed by atoms with Crippen molar-refractivity contribution < 1.29 is 66.7 Å². The smallest absolute Gasteiger partial charge is 0.262 e. The van der Waals surface area contributed by atoms with Gasteiger partial charge in [-0.3, -0.25) is 38.6 Å². The van der Waals surface area contributed by atoms with E-state index in [1.165, 1.54) is 32.5 Å². The van der Waals surface area contributed by atoms with E-state index in [-0.39, 0.29) is 177 Å². The number of imide groups is 2. The molecule has 14 unspecified atom stereocenters. The molecule has 0 spiro atoms. The van der Waals surface area contributed by atoms with Gasteiger partial charge in [0.15, 0.2) is 0 Å². The summed E-state index contributed by atoms with van der Waals surface area (Å²) in [7, 11) is 0. The Morgan fingerprint density at radius 3 is 0.817 bits per heavy atom. The first kappa shape index (κ1) is 82.9. The second-order valence-electron chi connectivity index (χ2n) is 39.3. The monoisotopic (exact) mass is 1730 g/mol. The summed E-state index contributed by atoms with van der Waals surface area (Å²) in [6.45, 7) is 28.0. The molecule has 14 atom stereocenters. The summed E-state index contributed by atoms with van der Waals surface area (Å²) in [5.74, 6) is 0.972. The summed E-state index contributed by atoms with van der Waals surface area (Å²) in [4.78, 5) is 113. The van der Waals surface area contributed by atoms with Crippen molar-refractivity contribution in [3.05, 3.63) is 209 Å². The summed E-state index contributed by atoms with van der Waals surface area (Å²) < 4.78 is 55.0. The van der Waals surface area contributed by atoms with Crippen molar-refractivity contribution in [1.82, 2.24) is 19.6 Å². The second-order valence-corrected chi connectivity index (χ2v) is 41.3. The third-order valence-electron chi connectivity index (χ3n) is 29.9. The molecule has 21 rings (SSSR count). The molecule has 4 saturated heterocycles. The summed E-state index contributed by atoms with van der Waals surface area (Å²) in [6.07, 6.45) is 10.3. The molecule has 8 fully saturated rings. The number of epoxide rings is 4. The second kappa shape index (κ2) is 32.6. The van der Waals surface area contributed by atoms with Gasteiger partial charge in [-0.05, 0) is 268 Å². The molecule has 2 aromatic heterocycles. The maximum atomic E-state index is 17.5. The van der Waals surface area contributed by atoms with Gasteiger partial charge in [0.2, 0.25) is 11.8 Å². The highest BCUT2D eigenvalue weighted by Crippen LogP contribution is 2.60. The Kier molecular flexibility index (Phi) is 21.4. The first-order chi connectivity index (χ1) is 60.9. The lowest BCUT2D eigenvalue weighted by Gasteiger charge is -2.41. The molecular formula is C106H112N4O14S2. The summed E-state index contributed by atoms with van der Waals surface area (Å²) in [5, 5.41) is 6.73. The van der Waals surface area contributed by atoms with E-state index in [0.29, 0.717) is 81.7 Å². The Labute approximate surface area is 744 Å². The van der Waals surface area contributed by atoms with Gasteiger partial charge in [0.25, 0.3) is 23.6 Å². The van der Waals surface area contributed by atoms with Gasteiger partial charge in [-0.25, -0.2) is 0 Å². The Morgan fingerprint density at radius 2 is 0.603 bits per heavy atom. The lowest BCUT2D eigenvalue weighted by atomic mass is 9.80. The van der Waals surface area contributed by atoms with Crippen LogP contribution in [0, 0.1) is 51.4 Å². The van der Waals surface area contributed by atoms with E-state index >= 15 is 28.8 Å². The standard InChI is InChI=1S/C106H112N4O14S2/c1-53(2)61-21-29-81(57(9)35-61)121-85-45-75-93-76(102(112)109(101(75)111)79(43-73-15-13-33-125-73)105(115)107(69-25-17-65(39-69)89-49-117-89)70-26-18-66(40-70)90-50-118-90)47-87(123-83-31-23-63(55(5)6)37-59(83)11)97-98-88(124-84-32-24-64(56(7)8)38-60(84)12)48-78-94-77(46-86(96(100(94)98)95(85)99(93)97)122-82-30-22-62(54(3)4)36-58(82)10)103(113)110(104(78)114)80(44-74-16-14-34-126-74)106(116)108(71-27-19-67(41-71)91-51-119-91)72-28-20-68(42-72)92-52-120-92/h13-16,21-24,29-38,45-48,53-56,65-72,79-80,89-92H,17-20,25-28,39-44,49-52H2,1-12H3. The number of ether oxygens (including phenoxy) is 8. The van der Waals surface area contributed by atoms with Gasteiger partial charge in [0.1, 0.15) is 58.1 Å². The molecular weight excluding hydrogens is 1620 g/mol. The Bertz CT molecular complexity index is 5530. The molecule has 11 aromatic rings. The number of carbonyl (C=O) groups excluding carboxylic acids is 6. The summed E-state index contributed by atoms with van der Waals surface area (Å²) in [5.41, 5.74) is 7.92. The van der Waals surface area contributed by atoms with Gasteiger partial charge in [-0.1, -0.05) is 116 Å². The quantitative estimate of drug-likeness (QED) is 0.0194. The van der Waals surface area contributed by atoms with Crippen molar-refractivity contribution in [1.29, 1.82) is 0 Å². The van der Waals surface area contributed by atoms with E-state index < -0.39 is 35.7 Å². The van der Waals surface area contributed by atoms with Crippen LogP contribution >= 0.6 is 22.7 Å². The fourth-order valence-corrected chi connectivity index (χ4v) is 24.1. The van der Waals surface area contributed by atoms with Crippen molar-refractivity contribution in [2.45, 2.75) is 257 Å². The number of thiophene rings is 2. The molecule has 0 radical (unpaired) electrons. The number of fused-ring (bicyclic) bond motifs is 2. The van der Waals surface area contributed by atoms with E-state index in [9.17, 15) is 0 Å². The highest BCUT2D eigenvalue weighted by molar-refractivity contribution is 7.10. The molecule has 4 saturated carbocycles. The lowest BCUT2D eigenvalue weighted by molar-refractivity contribution is -0.141. The molecule has 9 aromatic carbocycles. The van der Waals surface area contributed by atoms with Gasteiger partial charge in [0, 0.05) is 89.9 Å². The molecule has 0 N–H and O–H groups in total. The molecule has 4 aliphatic carbocycles. The van der Waals surface area contributed by atoms with E-state index in [2.05, 4.69) is 114 Å². The van der Waals surface area contributed by atoms with E-state index in [1.807, 2.05) is 87.0 Å². The molecule has 6 aliphatic heterocycles. The number of benzene rings is 9. The average Bonchev–Trinajstić information content (AvgIpc) is 0.774. The first-order valence-corrected chi connectivity index (χ1v) is 48.0. The Balaban J connectivity index is 0.856. The fraction of sp³-hybridized carbons (Fsp3) is 0.453.